The van der Waals surface area contributed by atoms with Gasteiger partial charge < -0.3 is 5.32 Å². The Morgan fingerprint density at radius 2 is 2.27 bits per heavy atom. The zero-order valence-corrected chi connectivity index (χ0v) is 10.1. The van der Waals surface area contributed by atoms with Crippen molar-refractivity contribution in [1.82, 2.24) is 5.32 Å². The van der Waals surface area contributed by atoms with Crippen LogP contribution in [0.5, 0.6) is 0 Å². The normalized spacial score (nSPS) is 28.3. The van der Waals surface area contributed by atoms with Gasteiger partial charge in [-0.05, 0) is 37.6 Å². The first-order valence-electron chi connectivity index (χ1n) is 6.36. The summed E-state index contributed by atoms with van der Waals surface area (Å²) < 4.78 is 0. The number of hydrogen-bond acceptors (Lipinski definition) is 2. The highest BCUT2D eigenvalue weighted by Gasteiger charge is 2.19. The van der Waals surface area contributed by atoms with Gasteiger partial charge in [0.15, 0.2) is 0 Å². The van der Waals surface area contributed by atoms with Crippen LogP contribution in [0.25, 0.3) is 0 Å². The van der Waals surface area contributed by atoms with Crippen LogP contribution in [-0.2, 0) is 0 Å². The van der Waals surface area contributed by atoms with E-state index >= 15 is 0 Å². The maximum atomic E-state index is 8.66. The molecule has 3 unspecified atom stereocenters. The van der Waals surface area contributed by atoms with Crippen molar-refractivity contribution in [3.8, 4) is 6.07 Å². The van der Waals surface area contributed by atoms with Gasteiger partial charge in [0.1, 0.15) is 0 Å². The average Bonchev–Trinajstić information content (AvgIpc) is 2.24. The van der Waals surface area contributed by atoms with E-state index in [1.807, 2.05) is 0 Å². The van der Waals surface area contributed by atoms with Crippen LogP contribution in [-0.4, -0.2) is 12.6 Å². The molecular formula is C13H24N2. The minimum Gasteiger partial charge on any atom is -0.313 e. The van der Waals surface area contributed by atoms with Crippen LogP contribution in [0.4, 0.5) is 0 Å². The molecule has 2 heteroatoms. The van der Waals surface area contributed by atoms with Crippen molar-refractivity contribution in [3.05, 3.63) is 0 Å². The Morgan fingerprint density at radius 1 is 1.47 bits per heavy atom. The highest BCUT2D eigenvalue weighted by atomic mass is 14.9. The molecule has 0 aromatic carbocycles. The summed E-state index contributed by atoms with van der Waals surface area (Å²) in [4.78, 5) is 0. The quantitative estimate of drug-likeness (QED) is 0.753. The predicted molar refractivity (Wildman–Crippen MR) is 63.4 cm³/mol. The van der Waals surface area contributed by atoms with Gasteiger partial charge in [-0.1, -0.05) is 26.7 Å². The molecule has 0 heterocycles. The number of rotatable bonds is 5. The van der Waals surface area contributed by atoms with Crippen LogP contribution >= 0.6 is 0 Å². The highest BCUT2D eigenvalue weighted by molar-refractivity contribution is 4.81. The van der Waals surface area contributed by atoms with E-state index in [0.717, 1.165) is 24.8 Å². The lowest BCUT2D eigenvalue weighted by atomic mass is 9.82. The summed E-state index contributed by atoms with van der Waals surface area (Å²) in [5.41, 5.74) is 0. The van der Waals surface area contributed by atoms with Gasteiger partial charge in [-0.3, -0.25) is 0 Å². The van der Waals surface area contributed by atoms with E-state index in [0.29, 0.717) is 12.5 Å². The maximum Gasteiger partial charge on any atom is 0.0638 e. The second kappa shape index (κ2) is 6.85. The molecule has 1 N–H and O–H groups in total. The van der Waals surface area contributed by atoms with Crippen molar-refractivity contribution in [2.24, 2.45) is 11.8 Å². The summed E-state index contributed by atoms with van der Waals surface area (Å²) in [6.45, 7) is 5.63. The molecule has 15 heavy (non-hydrogen) atoms. The molecule has 3 atom stereocenters. The van der Waals surface area contributed by atoms with Gasteiger partial charge in [0.25, 0.3) is 0 Å². The van der Waals surface area contributed by atoms with E-state index in [2.05, 4.69) is 25.2 Å². The van der Waals surface area contributed by atoms with Crippen molar-refractivity contribution in [1.29, 1.82) is 5.26 Å². The van der Waals surface area contributed by atoms with E-state index in [1.165, 1.54) is 25.7 Å². The molecule has 1 aliphatic rings. The highest BCUT2D eigenvalue weighted by Crippen LogP contribution is 2.28. The van der Waals surface area contributed by atoms with Crippen molar-refractivity contribution in [3.63, 3.8) is 0 Å². The van der Waals surface area contributed by atoms with Gasteiger partial charge in [0.05, 0.1) is 12.5 Å². The molecule has 0 aliphatic heterocycles. The zero-order valence-electron chi connectivity index (χ0n) is 10.1. The van der Waals surface area contributed by atoms with Crippen LogP contribution < -0.4 is 5.32 Å². The first-order valence-corrected chi connectivity index (χ1v) is 6.36. The summed E-state index contributed by atoms with van der Waals surface area (Å²) in [6, 6.07) is 2.66. The molecule has 0 saturated heterocycles. The van der Waals surface area contributed by atoms with Gasteiger partial charge in [-0.2, -0.15) is 5.26 Å². The van der Waals surface area contributed by atoms with Gasteiger partial charge in [0.2, 0.25) is 0 Å². The number of hydrogen-bond donors (Lipinski definition) is 1. The molecular weight excluding hydrogens is 184 g/mol. The first kappa shape index (κ1) is 12.5. The largest absolute Gasteiger partial charge is 0.313 e. The van der Waals surface area contributed by atoms with E-state index in [1.54, 1.807) is 0 Å². The molecule has 0 radical (unpaired) electrons. The number of nitriles is 1. The van der Waals surface area contributed by atoms with E-state index in [-0.39, 0.29) is 0 Å². The first-order chi connectivity index (χ1) is 7.26. The van der Waals surface area contributed by atoms with Gasteiger partial charge >= 0.3 is 0 Å². The third-order valence-corrected chi connectivity index (χ3v) is 3.57. The second-order valence-electron chi connectivity index (χ2n) is 5.01. The SMILES string of the molecule is CCC(CC#N)NCC1CCCC(C)C1. The molecule has 0 aromatic rings. The predicted octanol–water partition coefficient (Wildman–Crippen LogP) is 3.09. The third-order valence-electron chi connectivity index (χ3n) is 3.57. The lowest BCUT2D eigenvalue weighted by Gasteiger charge is -2.28. The van der Waals surface area contributed by atoms with Crippen molar-refractivity contribution >= 4 is 0 Å². The van der Waals surface area contributed by atoms with Gasteiger partial charge in [-0.15, -0.1) is 0 Å². The lowest BCUT2D eigenvalue weighted by Crippen LogP contribution is -2.34. The molecule has 1 aliphatic carbocycles. The van der Waals surface area contributed by atoms with E-state index < -0.39 is 0 Å². The fraction of sp³-hybridized carbons (Fsp3) is 0.923. The maximum absolute atomic E-state index is 8.66. The molecule has 86 valence electrons. The van der Waals surface area contributed by atoms with Gasteiger partial charge in [0, 0.05) is 6.04 Å². The van der Waals surface area contributed by atoms with Crippen LogP contribution in [0, 0.1) is 23.2 Å². The number of nitrogens with zero attached hydrogens (tertiary/aromatic N) is 1. The van der Waals surface area contributed by atoms with Crippen LogP contribution in [0.15, 0.2) is 0 Å². The lowest BCUT2D eigenvalue weighted by molar-refractivity contribution is 0.266. The van der Waals surface area contributed by atoms with Crippen LogP contribution in [0.3, 0.4) is 0 Å². The minimum absolute atomic E-state index is 0.409. The summed E-state index contributed by atoms with van der Waals surface area (Å²) in [7, 11) is 0. The molecule has 0 amide bonds. The smallest absolute Gasteiger partial charge is 0.0638 e. The number of nitrogens with one attached hydrogen (secondary N) is 1. The topological polar surface area (TPSA) is 35.8 Å². The Labute approximate surface area is 94.1 Å². The molecule has 1 saturated carbocycles. The average molecular weight is 208 g/mol. The van der Waals surface area contributed by atoms with E-state index in [4.69, 9.17) is 5.26 Å². The zero-order chi connectivity index (χ0) is 11.1. The van der Waals surface area contributed by atoms with Crippen molar-refractivity contribution in [2.75, 3.05) is 6.54 Å². The molecule has 0 bridgehead atoms. The standard InChI is InChI=1S/C13H24N2/c1-3-13(7-8-14)15-10-12-6-4-5-11(2)9-12/h11-13,15H,3-7,9-10H2,1-2H3. The fourth-order valence-corrected chi connectivity index (χ4v) is 2.55. The molecule has 0 aromatic heterocycles. The molecule has 1 rings (SSSR count). The Bertz CT molecular complexity index is 207. The van der Waals surface area contributed by atoms with Crippen molar-refractivity contribution in [2.45, 2.75) is 58.4 Å². The third kappa shape index (κ3) is 4.66. The van der Waals surface area contributed by atoms with Crippen LogP contribution in [0.1, 0.15) is 52.4 Å². The Balaban J connectivity index is 2.20. The fourth-order valence-electron chi connectivity index (χ4n) is 2.55. The Hall–Kier alpha value is -0.550. The summed E-state index contributed by atoms with van der Waals surface area (Å²) in [5, 5.41) is 12.2. The van der Waals surface area contributed by atoms with Gasteiger partial charge in [-0.25, -0.2) is 0 Å². The monoisotopic (exact) mass is 208 g/mol. The Kier molecular flexibility index (Phi) is 5.71. The van der Waals surface area contributed by atoms with E-state index in [9.17, 15) is 0 Å². The molecule has 1 fully saturated rings. The summed E-state index contributed by atoms with van der Waals surface area (Å²) >= 11 is 0. The molecule has 2 nitrogen and oxygen atoms in total. The second-order valence-corrected chi connectivity index (χ2v) is 5.01. The van der Waals surface area contributed by atoms with Crippen molar-refractivity contribution < 1.29 is 0 Å². The Morgan fingerprint density at radius 3 is 2.87 bits per heavy atom. The minimum atomic E-state index is 0.409. The van der Waals surface area contributed by atoms with Crippen LogP contribution in [0.2, 0.25) is 0 Å². The summed E-state index contributed by atoms with van der Waals surface area (Å²) in [5.74, 6) is 1.75. The summed E-state index contributed by atoms with van der Waals surface area (Å²) in [6.07, 6.45) is 7.26. The molecule has 0 spiro atoms.